The molecular weight excluding hydrogens is 278 g/mol. The van der Waals surface area contributed by atoms with Gasteiger partial charge in [0.05, 0.1) is 12.1 Å². The Kier molecular flexibility index (Phi) is 5.64. The molecule has 6 heteroatoms. The second-order valence-electron chi connectivity index (χ2n) is 4.60. The van der Waals surface area contributed by atoms with Crippen molar-refractivity contribution in [2.45, 2.75) is 31.8 Å². The monoisotopic (exact) mass is 294 g/mol. The lowest BCUT2D eigenvalue weighted by Gasteiger charge is -2.17. The average molecular weight is 294 g/mol. The zero-order valence-corrected chi connectivity index (χ0v) is 11.4. The molecule has 0 aromatic carbocycles. The minimum Gasteiger partial charge on any atom is -0.366 e. The molecule has 1 unspecified atom stereocenters. The molecule has 1 aliphatic rings. The van der Waals surface area contributed by atoms with E-state index >= 15 is 0 Å². The number of aromatic nitrogens is 1. The van der Waals surface area contributed by atoms with Crippen LogP contribution in [0.4, 0.5) is 8.78 Å². The number of carbonyl (C=O) groups excluding carboxylic acids is 1. The van der Waals surface area contributed by atoms with E-state index in [1.54, 1.807) is 0 Å². The molecule has 2 rings (SSSR count). The first-order valence-corrected chi connectivity index (χ1v) is 6.79. The predicted molar refractivity (Wildman–Crippen MR) is 72.9 cm³/mol. The van der Waals surface area contributed by atoms with E-state index in [4.69, 9.17) is 4.74 Å². The first-order valence-electron chi connectivity index (χ1n) is 6.79. The molecule has 1 aromatic heterocycles. The third-order valence-corrected chi connectivity index (χ3v) is 3.07. The molecule has 1 aromatic rings. The Balaban J connectivity index is 1.89. The molecule has 112 valence electrons. The van der Waals surface area contributed by atoms with Gasteiger partial charge < -0.3 is 10.1 Å². The summed E-state index contributed by atoms with van der Waals surface area (Å²) in [5.41, 5.74) is -0.637. The summed E-state index contributed by atoms with van der Waals surface area (Å²) in [6, 6.07) is 2.77. The molecule has 1 saturated heterocycles. The summed E-state index contributed by atoms with van der Waals surface area (Å²) in [6.07, 6.45) is 1.38. The van der Waals surface area contributed by atoms with Crippen LogP contribution < -0.4 is 5.32 Å². The second-order valence-corrected chi connectivity index (χ2v) is 4.60. The van der Waals surface area contributed by atoms with Crippen molar-refractivity contribution in [1.29, 1.82) is 0 Å². The van der Waals surface area contributed by atoms with Crippen molar-refractivity contribution >= 4 is 5.91 Å². The molecule has 2 heterocycles. The summed E-state index contributed by atoms with van der Waals surface area (Å²) in [7, 11) is 0. The van der Waals surface area contributed by atoms with Crippen LogP contribution >= 0.6 is 0 Å². The largest absolute Gasteiger partial charge is 0.366 e. The van der Waals surface area contributed by atoms with Gasteiger partial charge in [-0.1, -0.05) is 11.8 Å². The molecule has 0 radical (unpaired) electrons. The lowest BCUT2D eigenvalue weighted by molar-refractivity contribution is 0.0525. The molecular formula is C15H16F2N2O2. The van der Waals surface area contributed by atoms with Gasteiger partial charge in [0.2, 0.25) is 0 Å². The highest BCUT2D eigenvalue weighted by atomic mass is 19.3. The summed E-state index contributed by atoms with van der Waals surface area (Å²) in [5, 5.41) is 2.49. The van der Waals surface area contributed by atoms with Gasteiger partial charge in [-0.25, -0.2) is 8.78 Å². The third kappa shape index (κ3) is 4.50. The summed E-state index contributed by atoms with van der Waals surface area (Å²) in [5.74, 6) is 5.10. The minimum absolute atomic E-state index is 0.0920. The molecule has 1 aliphatic heterocycles. The molecule has 1 fully saturated rings. The van der Waals surface area contributed by atoms with Crippen LogP contribution in [-0.2, 0) is 4.74 Å². The van der Waals surface area contributed by atoms with E-state index in [1.807, 2.05) is 0 Å². The fourth-order valence-corrected chi connectivity index (χ4v) is 2.02. The molecule has 21 heavy (non-hydrogen) atoms. The van der Waals surface area contributed by atoms with Crippen LogP contribution in [0, 0.1) is 11.8 Å². The molecule has 0 bridgehead atoms. The fraction of sp³-hybridized carbons (Fsp3) is 0.467. The predicted octanol–water partition coefficient (Wildman–Crippen LogP) is 2.32. The number of halogens is 2. The Hall–Kier alpha value is -2.00. The lowest BCUT2D eigenvalue weighted by atomic mass is 10.1. The highest BCUT2D eigenvalue weighted by Gasteiger charge is 2.18. The molecule has 1 amide bonds. The fourth-order valence-electron chi connectivity index (χ4n) is 2.02. The highest BCUT2D eigenvalue weighted by Crippen LogP contribution is 2.19. The van der Waals surface area contributed by atoms with Crippen LogP contribution in [0.15, 0.2) is 18.3 Å². The maximum atomic E-state index is 12.7. The number of rotatable bonds is 3. The Labute approximate surface area is 121 Å². The average Bonchev–Trinajstić information content (AvgIpc) is 2.52. The number of hydrogen-bond donors (Lipinski definition) is 1. The van der Waals surface area contributed by atoms with Gasteiger partial charge in [0.25, 0.3) is 12.3 Å². The van der Waals surface area contributed by atoms with Crippen molar-refractivity contribution < 1.29 is 18.3 Å². The second kappa shape index (κ2) is 7.70. The summed E-state index contributed by atoms with van der Waals surface area (Å²) in [4.78, 5) is 15.4. The standard InChI is InChI=1S/C15H16F2N2O2/c16-14(17)13-12(7-4-8-18-13)15(20)19-9-3-6-11-5-1-2-10-21-11/h4,7-8,11,14H,1-2,5,9-10H2,(H,19,20). The van der Waals surface area contributed by atoms with Gasteiger partial charge in [-0.15, -0.1) is 0 Å². The van der Waals surface area contributed by atoms with Crippen LogP contribution in [0.25, 0.3) is 0 Å². The van der Waals surface area contributed by atoms with Crippen molar-refractivity contribution in [3.05, 3.63) is 29.6 Å². The maximum absolute atomic E-state index is 12.7. The number of carbonyl (C=O) groups is 1. The zero-order valence-electron chi connectivity index (χ0n) is 11.4. The van der Waals surface area contributed by atoms with Gasteiger partial charge in [-0.05, 0) is 31.4 Å². The zero-order chi connectivity index (χ0) is 15.1. The summed E-state index contributed by atoms with van der Waals surface area (Å²) >= 11 is 0. The van der Waals surface area contributed by atoms with E-state index in [0.717, 1.165) is 19.3 Å². The Morgan fingerprint density at radius 1 is 1.52 bits per heavy atom. The third-order valence-electron chi connectivity index (χ3n) is 3.07. The van der Waals surface area contributed by atoms with Gasteiger partial charge in [0.15, 0.2) is 0 Å². The first-order chi connectivity index (χ1) is 10.2. The van der Waals surface area contributed by atoms with E-state index < -0.39 is 18.0 Å². The van der Waals surface area contributed by atoms with Crippen LogP contribution in [0.5, 0.6) is 0 Å². The smallest absolute Gasteiger partial charge is 0.281 e. The molecule has 0 aliphatic carbocycles. The van der Waals surface area contributed by atoms with Crippen LogP contribution in [0.2, 0.25) is 0 Å². The van der Waals surface area contributed by atoms with E-state index in [0.29, 0.717) is 6.61 Å². The van der Waals surface area contributed by atoms with Gasteiger partial charge in [0.1, 0.15) is 11.8 Å². The number of pyridine rings is 1. The van der Waals surface area contributed by atoms with Gasteiger partial charge in [0, 0.05) is 12.8 Å². The quantitative estimate of drug-likeness (QED) is 0.870. The summed E-state index contributed by atoms with van der Waals surface area (Å²) < 4.78 is 30.9. The summed E-state index contributed by atoms with van der Waals surface area (Å²) in [6.45, 7) is 0.801. The van der Waals surface area contributed by atoms with Gasteiger partial charge >= 0.3 is 0 Å². The number of nitrogens with zero attached hydrogens (tertiary/aromatic N) is 1. The Morgan fingerprint density at radius 3 is 3.10 bits per heavy atom. The normalized spacial score (nSPS) is 18.0. The number of nitrogens with one attached hydrogen (secondary N) is 1. The van der Waals surface area contributed by atoms with Crippen molar-refractivity contribution in [3.63, 3.8) is 0 Å². The van der Waals surface area contributed by atoms with Crippen LogP contribution in [0.3, 0.4) is 0 Å². The molecule has 1 atom stereocenters. The van der Waals surface area contributed by atoms with Gasteiger partial charge in [-0.3, -0.25) is 9.78 Å². The number of hydrogen-bond acceptors (Lipinski definition) is 3. The first kappa shape index (κ1) is 15.4. The molecule has 0 spiro atoms. The highest BCUT2D eigenvalue weighted by molar-refractivity contribution is 5.95. The number of alkyl halides is 2. The van der Waals surface area contributed by atoms with Crippen LogP contribution in [0.1, 0.15) is 41.7 Å². The minimum atomic E-state index is -2.78. The van der Waals surface area contributed by atoms with Gasteiger partial charge in [-0.2, -0.15) is 0 Å². The number of ether oxygens (including phenoxy) is 1. The van der Waals surface area contributed by atoms with Crippen molar-refractivity contribution in [2.24, 2.45) is 0 Å². The van der Waals surface area contributed by atoms with E-state index in [1.165, 1.54) is 18.3 Å². The Morgan fingerprint density at radius 2 is 2.38 bits per heavy atom. The van der Waals surface area contributed by atoms with Crippen molar-refractivity contribution in [1.82, 2.24) is 10.3 Å². The topological polar surface area (TPSA) is 51.2 Å². The number of amides is 1. The SMILES string of the molecule is O=C(NCC#CC1CCCCO1)c1cccnc1C(F)F. The molecule has 0 saturated carbocycles. The molecule has 1 N–H and O–H groups in total. The van der Waals surface area contributed by atoms with E-state index in [-0.39, 0.29) is 18.2 Å². The Bertz CT molecular complexity index is 546. The van der Waals surface area contributed by atoms with E-state index in [9.17, 15) is 13.6 Å². The van der Waals surface area contributed by atoms with Crippen LogP contribution in [-0.4, -0.2) is 30.1 Å². The molecule has 4 nitrogen and oxygen atoms in total. The van der Waals surface area contributed by atoms with E-state index in [2.05, 4.69) is 22.1 Å². The maximum Gasteiger partial charge on any atom is 0.281 e. The van der Waals surface area contributed by atoms with Crippen molar-refractivity contribution in [2.75, 3.05) is 13.2 Å². The van der Waals surface area contributed by atoms with Crippen molar-refractivity contribution in [3.8, 4) is 11.8 Å². The lowest BCUT2D eigenvalue weighted by Crippen LogP contribution is -2.25.